The Morgan fingerprint density at radius 1 is 1.30 bits per heavy atom. The zero-order valence-corrected chi connectivity index (χ0v) is 17.8. The molecule has 2 aliphatic heterocycles. The summed E-state index contributed by atoms with van der Waals surface area (Å²) in [5, 5.41) is 15.4. The van der Waals surface area contributed by atoms with E-state index in [4.69, 9.17) is 4.74 Å². The quantitative estimate of drug-likeness (QED) is 0.798. The lowest BCUT2D eigenvalue weighted by Gasteiger charge is -2.41. The smallest absolute Gasteiger partial charge is 0.289 e. The summed E-state index contributed by atoms with van der Waals surface area (Å²) in [5.74, 6) is 0.806. The summed E-state index contributed by atoms with van der Waals surface area (Å²) in [5.41, 5.74) is 0.440. The number of hydrogen-bond donors (Lipinski definition) is 1. The van der Waals surface area contributed by atoms with Gasteiger partial charge in [0.1, 0.15) is 12.3 Å². The Balaban J connectivity index is 1.48. The molecular formula is C20H29N7O3. The van der Waals surface area contributed by atoms with Crippen LogP contribution in [0.3, 0.4) is 0 Å². The summed E-state index contributed by atoms with van der Waals surface area (Å²) >= 11 is 0. The van der Waals surface area contributed by atoms with E-state index < -0.39 is 0 Å². The molecule has 2 amide bonds. The highest BCUT2D eigenvalue weighted by Gasteiger charge is 2.40. The predicted octanol–water partition coefficient (Wildman–Crippen LogP) is 0.993. The lowest BCUT2D eigenvalue weighted by Crippen LogP contribution is -2.47. The second kappa shape index (κ2) is 8.17. The van der Waals surface area contributed by atoms with Crippen molar-refractivity contribution in [3.63, 3.8) is 0 Å². The Kier molecular flexibility index (Phi) is 5.59. The number of aromatic nitrogens is 5. The van der Waals surface area contributed by atoms with Crippen LogP contribution < -0.4 is 5.32 Å². The zero-order chi connectivity index (χ0) is 21.3. The molecular weight excluding hydrogens is 386 g/mol. The van der Waals surface area contributed by atoms with E-state index in [1.165, 1.54) is 0 Å². The van der Waals surface area contributed by atoms with E-state index in [0.717, 1.165) is 19.3 Å². The molecule has 1 saturated heterocycles. The van der Waals surface area contributed by atoms with Crippen LogP contribution in [0.5, 0.6) is 0 Å². The summed E-state index contributed by atoms with van der Waals surface area (Å²) in [4.78, 5) is 27.4. The van der Waals surface area contributed by atoms with Gasteiger partial charge in [0.05, 0.1) is 6.61 Å². The second-order valence-electron chi connectivity index (χ2n) is 8.43. The maximum atomic E-state index is 12.8. The minimum Gasteiger partial charge on any atom is -0.373 e. The number of fused-ring (bicyclic) bond motifs is 1. The van der Waals surface area contributed by atoms with Gasteiger partial charge >= 0.3 is 0 Å². The van der Waals surface area contributed by atoms with Crippen LogP contribution >= 0.6 is 0 Å². The third-order valence-corrected chi connectivity index (χ3v) is 6.30. The average molecular weight is 415 g/mol. The molecule has 10 nitrogen and oxygen atoms in total. The van der Waals surface area contributed by atoms with E-state index in [9.17, 15) is 9.59 Å². The fraction of sp³-hybridized carbons (Fsp3) is 0.650. The molecule has 162 valence electrons. The predicted molar refractivity (Wildman–Crippen MR) is 108 cm³/mol. The van der Waals surface area contributed by atoms with Gasteiger partial charge in [-0.25, -0.2) is 0 Å². The summed E-state index contributed by atoms with van der Waals surface area (Å²) in [7, 11) is 1.78. The number of piperidine rings is 1. The van der Waals surface area contributed by atoms with Gasteiger partial charge in [-0.05, 0) is 32.3 Å². The highest BCUT2D eigenvalue weighted by Crippen LogP contribution is 2.36. The van der Waals surface area contributed by atoms with Crippen molar-refractivity contribution in [1.82, 2.24) is 34.8 Å². The van der Waals surface area contributed by atoms with Gasteiger partial charge in [-0.1, -0.05) is 6.92 Å². The molecule has 1 fully saturated rings. The Labute approximate surface area is 175 Å². The molecule has 0 unspecified atom stereocenters. The first-order valence-corrected chi connectivity index (χ1v) is 10.5. The molecule has 4 rings (SSSR count). The highest BCUT2D eigenvalue weighted by atomic mass is 16.5. The van der Waals surface area contributed by atoms with Gasteiger partial charge in [-0.2, -0.15) is 5.10 Å². The maximum absolute atomic E-state index is 12.8. The fourth-order valence-electron chi connectivity index (χ4n) is 4.14. The van der Waals surface area contributed by atoms with E-state index in [1.54, 1.807) is 24.0 Å². The summed E-state index contributed by atoms with van der Waals surface area (Å²) in [6, 6.07) is 1.82. The van der Waals surface area contributed by atoms with E-state index in [0.29, 0.717) is 50.2 Å². The number of nitrogens with zero attached hydrogens (tertiary/aromatic N) is 6. The highest BCUT2D eigenvalue weighted by molar-refractivity contribution is 5.92. The first-order chi connectivity index (χ1) is 14.4. The summed E-state index contributed by atoms with van der Waals surface area (Å²) in [6.45, 7) is 6.81. The van der Waals surface area contributed by atoms with E-state index in [-0.39, 0.29) is 23.3 Å². The van der Waals surface area contributed by atoms with Crippen LogP contribution in [0, 0.1) is 5.41 Å². The molecule has 30 heavy (non-hydrogen) atoms. The molecule has 10 heteroatoms. The van der Waals surface area contributed by atoms with Gasteiger partial charge in [-0.3, -0.25) is 14.3 Å². The number of nitrogens with one attached hydrogen (secondary N) is 1. The molecule has 0 aromatic carbocycles. The summed E-state index contributed by atoms with van der Waals surface area (Å²) in [6.07, 6.45) is 4.07. The number of likely N-dealkylation sites (tertiary alicyclic amines) is 1. The van der Waals surface area contributed by atoms with Crippen LogP contribution in [0.25, 0.3) is 0 Å². The Hall–Kier alpha value is -2.75. The van der Waals surface area contributed by atoms with Crippen molar-refractivity contribution in [2.45, 2.75) is 52.3 Å². The van der Waals surface area contributed by atoms with Crippen molar-refractivity contribution in [2.24, 2.45) is 12.5 Å². The molecule has 2 aromatic heterocycles. The fourth-order valence-corrected chi connectivity index (χ4v) is 4.14. The van der Waals surface area contributed by atoms with E-state index in [2.05, 4.69) is 20.6 Å². The van der Waals surface area contributed by atoms with Gasteiger partial charge in [0.15, 0.2) is 5.82 Å². The zero-order valence-electron chi connectivity index (χ0n) is 17.8. The molecule has 0 radical (unpaired) electrons. The molecule has 4 heterocycles. The van der Waals surface area contributed by atoms with Crippen LogP contribution in [-0.2, 0) is 24.9 Å². The molecule has 0 saturated carbocycles. The minimum absolute atomic E-state index is 0.00185. The van der Waals surface area contributed by atoms with E-state index >= 15 is 0 Å². The van der Waals surface area contributed by atoms with Gasteiger partial charge in [-0.15, -0.1) is 10.2 Å². The third-order valence-electron chi connectivity index (χ3n) is 6.30. The number of carbonyl (C=O) groups is 2. The van der Waals surface area contributed by atoms with Crippen molar-refractivity contribution < 1.29 is 14.3 Å². The van der Waals surface area contributed by atoms with Gasteiger partial charge in [0.25, 0.3) is 11.8 Å². The minimum atomic E-state index is -0.205. The van der Waals surface area contributed by atoms with Crippen molar-refractivity contribution in [3.05, 3.63) is 29.6 Å². The first-order valence-electron chi connectivity index (χ1n) is 10.5. The lowest BCUT2D eigenvalue weighted by atomic mass is 9.78. The standard InChI is InChI=1S/C20H29N7O3/c1-4-14(2)22-18(28)17-24-23-16-11-30-13-20(12-27(16)17)6-9-26(10-7-20)19(29)15-5-8-21-25(15)3/h5,8,14H,4,6-7,9-13H2,1-3H3,(H,22,28)/t14-/m0/s1. The second-order valence-corrected chi connectivity index (χ2v) is 8.43. The van der Waals surface area contributed by atoms with Crippen LogP contribution in [-0.4, -0.2) is 67.0 Å². The van der Waals surface area contributed by atoms with Crippen LogP contribution in [0.2, 0.25) is 0 Å². The number of amides is 2. The van der Waals surface area contributed by atoms with Crippen molar-refractivity contribution in [3.8, 4) is 0 Å². The van der Waals surface area contributed by atoms with Crippen molar-refractivity contribution in [1.29, 1.82) is 0 Å². The van der Waals surface area contributed by atoms with Crippen molar-refractivity contribution in [2.75, 3.05) is 19.7 Å². The largest absolute Gasteiger partial charge is 0.373 e. The average Bonchev–Trinajstić information content (AvgIpc) is 3.30. The maximum Gasteiger partial charge on any atom is 0.289 e. The van der Waals surface area contributed by atoms with Gasteiger partial charge in [0, 0.05) is 44.3 Å². The SMILES string of the molecule is CC[C@H](C)NC(=O)c1nnc2n1CC1(CCN(C(=O)c3ccnn3C)CC1)COC2. The Morgan fingerprint density at radius 3 is 2.73 bits per heavy atom. The first kappa shape index (κ1) is 20.5. The molecule has 1 atom stereocenters. The molecule has 2 aromatic rings. The molecule has 1 spiro atoms. The van der Waals surface area contributed by atoms with E-state index in [1.807, 2.05) is 23.3 Å². The number of carbonyl (C=O) groups excluding carboxylic acids is 2. The number of ether oxygens (including phenoxy) is 1. The van der Waals surface area contributed by atoms with Crippen LogP contribution in [0.4, 0.5) is 0 Å². The number of hydrogen-bond acceptors (Lipinski definition) is 6. The lowest BCUT2D eigenvalue weighted by molar-refractivity contribution is -0.00226. The van der Waals surface area contributed by atoms with Gasteiger partial charge in [0.2, 0.25) is 5.82 Å². The van der Waals surface area contributed by atoms with Crippen LogP contribution in [0.15, 0.2) is 12.3 Å². The molecule has 2 aliphatic rings. The van der Waals surface area contributed by atoms with Crippen LogP contribution in [0.1, 0.15) is 60.0 Å². The summed E-state index contributed by atoms with van der Waals surface area (Å²) < 4.78 is 9.43. The Morgan fingerprint density at radius 2 is 2.07 bits per heavy atom. The third kappa shape index (κ3) is 3.83. The van der Waals surface area contributed by atoms with Crippen molar-refractivity contribution >= 4 is 11.8 Å². The van der Waals surface area contributed by atoms with Gasteiger partial charge < -0.3 is 19.5 Å². The molecule has 0 bridgehead atoms. The number of rotatable bonds is 4. The topological polar surface area (TPSA) is 107 Å². The Bertz CT molecular complexity index is 927. The number of aryl methyl sites for hydroxylation is 1. The molecule has 1 N–H and O–H groups in total. The molecule has 0 aliphatic carbocycles. The monoisotopic (exact) mass is 415 g/mol. The normalized spacial score (nSPS) is 19.2.